The van der Waals surface area contributed by atoms with E-state index in [2.05, 4.69) is 0 Å². The van der Waals surface area contributed by atoms with Gasteiger partial charge in [-0.3, -0.25) is 4.79 Å². The zero-order valence-corrected chi connectivity index (χ0v) is 11.4. The van der Waals surface area contributed by atoms with Crippen LogP contribution >= 0.6 is 0 Å². The van der Waals surface area contributed by atoms with Crippen molar-refractivity contribution in [3.05, 3.63) is 53.6 Å². The molecule has 0 heterocycles. The zero-order chi connectivity index (χ0) is 14.5. The minimum absolute atomic E-state index is 0.158. The van der Waals surface area contributed by atoms with Crippen molar-refractivity contribution in [2.75, 3.05) is 14.2 Å². The summed E-state index contributed by atoms with van der Waals surface area (Å²) >= 11 is 0. The van der Waals surface area contributed by atoms with Crippen LogP contribution in [0.25, 0.3) is 0 Å². The first kappa shape index (κ1) is 13.9. The number of aromatic hydroxyl groups is 1. The van der Waals surface area contributed by atoms with Crippen molar-refractivity contribution >= 4 is 5.78 Å². The molecule has 1 N–H and O–H groups in total. The van der Waals surface area contributed by atoms with E-state index in [-0.39, 0.29) is 29.3 Å². The number of hydrogen-bond donors (Lipinski definition) is 1. The predicted molar refractivity (Wildman–Crippen MR) is 75.7 cm³/mol. The van der Waals surface area contributed by atoms with Crippen LogP contribution in [0.1, 0.15) is 15.9 Å². The minimum atomic E-state index is -0.189. The summed E-state index contributed by atoms with van der Waals surface area (Å²) in [5.74, 6) is 0.344. The molecule has 20 heavy (non-hydrogen) atoms. The molecule has 2 aromatic carbocycles. The van der Waals surface area contributed by atoms with Gasteiger partial charge in [-0.15, -0.1) is 0 Å². The molecular formula is C16H16O4. The van der Waals surface area contributed by atoms with E-state index in [0.29, 0.717) is 5.75 Å². The minimum Gasteiger partial charge on any atom is -0.504 e. The van der Waals surface area contributed by atoms with Crippen LogP contribution in [-0.4, -0.2) is 25.1 Å². The highest BCUT2D eigenvalue weighted by molar-refractivity contribution is 6.01. The van der Waals surface area contributed by atoms with Crippen LogP contribution in [0.15, 0.2) is 42.5 Å². The Morgan fingerprint density at radius 1 is 1.10 bits per heavy atom. The van der Waals surface area contributed by atoms with Gasteiger partial charge in [-0.05, 0) is 11.6 Å². The second-order valence-corrected chi connectivity index (χ2v) is 4.31. The lowest BCUT2D eigenvalue weighted by molar-refractivity contribution is 0.0989. The van der Waals surface area contributed by atoms with Gasteiger partial charge in [0, 0.05) is 12.5 Å². The fraction of sp³-hybridized carbons (Fsp3) is 0.188. The highest BCUT2D eigenvalue weighted by Gasteiger charge is 2.17. The maximum atomic E-state index is 12.3. The monoisotopic (exact) mass is 272 g/mol. The number of benzene rings is 2. The molecule has 0 amide bonds. The molecule has 104 valence electrons. The summed E-state index contributed by atoms with van der Waals surface area (Å²) in [6.07, 6.45) is 0.213. The third-order valence-corrected chi connectivity index (χ3v) is 3.01. The van der Waals surface area contributed by atoms with Gasteiger partial charge in [-0.2, -0.15) is 0 Å². The number of carbonyl (C=O) groups excluding carboxylic acids is 1. The van der Waals surface area contributed by atoms with E-state index >= 15 is 0 Å². The molecule has 0 saturated carbocycles. The maximum absolute atomic E-state index is 12.3. The van der Waals surface area contributed by atoms with Gasteiger partial charge in [-0.25, -0.2) is 0 Å². The van der Waals surface area contributed by atoms with Crippen LogP contribution in [0, 0.1) is 0 Å². The molecule has 0 spiro atoms. The maximum Gasteiger partial charge on any atom is 0.171 e. The zero-order valence-electron chi connectivity index (χ0n) is 11.4. The molecule has 2 aromatic rings. The highest BCUT2D eigenvalue weighted by atomic mass is 16.5. The van der Waals surface area contributed by atoms with E-state index in [1.165, 1.54) is 26.4 Å². The lowest BCUT2D eigenvalue weighted by Crippen LogP contribution is -2.05. The molecule has 0 aromatic heterocycles. The lowest BCUT2D eigenvalue weighted by Gasteiger charge is -2.11. The summed E-state index contributed by atoms with van der Waals surface area (Å²) in [5.41, 5.74) is 1.09. The topological polar surface area (TPSA) is 55.8 Å². The van der Waals surface area contributed by atoms with Crippen LogP contribution in [0.3, 0.4) is 0 Å². The van der Waals surface area contributed by atoms with E-state index in [9.17, 15) is 9.90 Å². The number of phenols is 1. The SMILES string of the molecule is COc1cc(OC)c(O)c(C(=O)Cc2ccccc2)c1. The molecule has 0 bridgehead atoms. The summed E-state index contributed by atoms with van der Waals surface area (Å²) in [6.45, 7) is 0. The van der Waals surface area contributed by atoms with Crippen molar-refractivity contribution in [2.45, 2.75) is 6.42 Å². The third-order valence-electron chi connectivity index (χ3n) is 3.01. The third kappa shape index (κ3) is 2.91. The number of methoxy groups -OCH3 is 2. The quantitative estimate of drug-likeness (QED) is 0.850. The summed E-state index contributed by atoms with van der Waals surface area (Å²) < 4.78 is 10.2. The Bertz CT molecular complexity index is 605. The smallest absolute Gasteiger partial charge is 0.171 e. The Balaban J connectivity index is 2.34. The van der Waals surface area contributed by atoms with Gasteiger partial charge >= 0.3 is 0 Å². The lowest BCUT2D eigenvalue weighted by atomic mass is 10.0. The first-order valence-corrected chi connectivity index (χ1v) is 6.17. The van der Waals surface area contributed by atoms with E-state index in [1.54, 1.807) is 0 Å². The second kappa shape index (κ2) is 6.10. The van der Waals surface area contributed by atoms with Gasteiger partial charge in [-0.1, -0.05) is 30.3 Å². The van der Waals surface area contributed by atoms with Crippen LogP contribution in [0.2, 0.25) is 0 Å². The average Bonchev–Trinajstić information content (AvgIpc) is 2.48. The molecule has 4 nitrogen and oxygen atoms in total. The molecule has 2 rings (SSSR count). The van der Waals surface area contributed by atoms with Crippen molar-refractivity contribution in [1.29, 1.82) is 0 Å². The fourth-order valence-corrected chi connectivity index (χ4v) is 1.95. The summed E-state index contributed by atoms with van der Waals surface area (Å²) in [4.78, 5) is 12.3. The van der Waals surface area contributed by atoms with Crippen molar-refractivity contribution in [3.63, 3.8) is 0 Å². The first-order valence-electron chi connectivity index (χ1n) is 6.17. The van der Waals surface area contributed by atoms with Gasteiger partial charge in [0.2, 0.25) is 0 Å². The van der Waals surface area contributed by atoms with Crippen molar-refractivity contribution in [1.82, 2.24) is 0 Å². The van der Waals surface area contributed by atoms with Gasteiger partial charge in [0.1, 0.15) is 5.75 Å². The number of rotatable bonds is 5. The Morgan fingerprint density at radius 3 is 2.40 bits per heavy atom. The largest absolute Gasteiger partial charge is 0.504 e. The molecule has 0 aliphatic carbocycles. The summed E-state index contributed by atoms with van der Waals surface area (Å²) in [7, 11) is 2.93. The number of hydrogen-bond acceptors (Lipinski definition) is 4. The standard InChI is InChI=1S/C16H16O4/c1-19-12-9-13(16(18)15(10-12)20-2)14(17)8-11-6-4-3-5-7-11/h3-7,9-10,18H,8H2,1-2H3. The Kier molecular flexibility index (Phi) is 4.25. The average molecular weight is 272 g/mol. The van der Waals surface area contributed by atoms with Crippen molar-refractivity contribution in [3.8, 4) is 17.2 Å². The Labute approximate surface area is 117 Å². The van der Waals surface area contributed by atoms with Gasteiger partial charge < -0.3 is 14.6 Å². The normalized spacial score (nSPS) is 10.1. The van der Waals surface area contributed by atoms with Crippen LogP contribution in [0.5, 0.6) is 17.2 Å². The number of phenolic OH excluding ortho intramolecular Hbond substituents is 1. The molecule has 0 aliphatic rings. The van der Waals surface area contributed by atoms with Crippen LogP contribution in [0.4, 0.5) is 0 Å². The van der Waals surface area contributed by atoms with Gasteiger partial charge in [0.25, 0.3) is 0 Å². The first-order chi connectivity index (χ1) is 9.65. The van der Waals surface area contributed by atoms with Crippen LogP contribution < -0.4 is 9.47 Å². The Hall–Kier alpha value is -2.49. The molecule has 0 radical (unpaired) electrons. The number of Topliss-reactive ketones (excluding diaryl/α,β-unsaturated/α-hetero) is 1. The molecule has 0 unspecified atom stereocenters. The molecule has 0 aliphatic heterocycles. The van der Waals surface area contributed by atoms with Crippen molar-refractivity contribution in [2.24, 2.45) is 0 Å². The predicted octanol–water partition coefficient (Wildman–Crippen LogP) is 2.83. The highest BCUT2D eigenvalue weighted by Crippen LogP contribution is 2.35. The van der Waals surface area contributed by atoms with Crippen molar-refractivity contribution < 1.29 is 19.4 Å². The van der Waals surface area contributed by atoms with Gasteiger partial charge in [0.15, 0.2) is 17.3 Å². The van der Waals surface area contributed by atoms with Gasteiger partial charge in [0.05, 0.1) is 19.8 Å². The summed E-state index contributed by atoms with van der Waals surface area (Å²) in [6, 6.07) is 12.4. The number of carbonyl (C=O) groups is 1. The number of ether oxygens (including phenoxy) is 2. The molecule has 0 atom stereocenters. The van der Waals surface area contributed by atoms with E-state index in [4.69, 9.17) is 9.47 Å². The fourth-order valence-electron chi connectivity index (χ4n) is 1.95. The summed E-state index contributed by atoms with van der Waals surface area (Å²) in [5, 5.41) is 10.1. The second-order valence-electron chi connectivity index (χ2n) is 4.31. The molecule has 0 fully saturated rings. The molecule has 0 saturated heterocycles. The van der Waals surface area contributed by atoms with Crippen LogP contribution in [-0.2, 0) is 6.42 Å². The number of ketones is 1. The Morgan fingerprint density at radius 2 is 1.80 bits per heavy atom. The molecular weight excluding hydrogens is 256 g/mol. The molecule has 4 heteroatoms. The van der Waals surface area contributed by atoms with E-state index in [0.717, 1.165) is 5.56 Å². The van der Waals surface area contributed by atoms with E-state index < -0.39 is 0 Å². The van der Waals surface area contributed by atoms with E-state index in [1.807, 2.05) is 30.3 Å².